The second-order valence-corrected chi connectivity index (χ2v) is 5.67. The van der Waals surface area contributed by atoms with Crippen LogP contribution in [0.1, 0.15) is 18.1 Å². The normalized spacial score (nSPS) is 11.8. The van der Waals surface area contributed by atoms with Crippen LogP contribution in [0.25, 0.3) is 6.08 Å². The van der Waals surface area contributed by atoms with Crippen molar-refractivity contribution in [2.45, 2.75) is 19.9 Å². The summed E-state index contributed by atoms with van der Waals surface area (Å²) in [4.78, 5) is 24.3. The number of amides is 2. The van der Waals surface area contributed by atoms with E-state index in [1.54, 1.807) is 26.2 Å². The van der Waals surface area contributed by atoms with Crippen LogP contribution in [0.4, 0.5) is 5.69 Å². The molecule has 0 aliphatic carbocycles. The van der Waals surface area contributed by atoms with E-state index in [1.807, 2.05) is 49.4 Å². The molecule has 25 heavy (non-hydrogen) atoms. The van der Waals surface area contributed by atoms with Gasteiger partial charge in [0.05, 0.1) is 12.8 Å². The van der Waals surface area contributed by atoms with Gasteiger partial charge in [-0.3, -0.25) is 9.59 Å². The second-order valence-electron chi connectivity index (χ2n) is 5.67. The van der Waals surface area contributed by atoms with Crippen molar-refractivity contribution in [3.63, 3.8) is 0 Å². The van der Waals surface area contributed by atoms with Gasteiger partial charge in [0.2, 0.25) is 11.8 Å². The predicted octanol–water partition coefficient (Wildman–Crippen LogP) is 3.16. The number of nitrogens with one attached hydrogen (secondary N) is 2. The zero-order valence-corrected chi connectivity index (χ0v) is 14.6. The van der Waals surface area contributed by atoms with Crippen LogP contribution >= 0.6 is 0 Å². The van der Waals surface area contributed by atoms with Crippen LogP contribution in [0.3, 0.4) is 0 Å². The Hall–Kier alpha value is -3.08. The third kappa shape index (κ3) is 5.49. The molecule has 0 bridgehead atoms. The van der Waals surface area contributed by atoms with E-state index in [1.165, 1.54) is 6.08 Å². The van der Waals surface area contributed by atoms with E-state index >= 15 is 0 Å². The summed E-state index contributed by atoms with van der Waals surface area (Å²) in [5.41, 5.74) is 2.49. The summed E-state index contributed by atoms with van der Waals surface area (Å²) in [5.74, 6) is -0.0745. The van der Waals surface area contributed by atoms with Gasteiger partial charge in [-0.2, -0.15) is 0 Å². The molecule has 2 aromatic rings. The van der Waals surface area contributed by atoms with E-state index in [9.17, 15) is 9.59 Å². The van der Waals surface area contributed by atoms with Crippen LogP contribution in [0, 0.1) is 6.92 Å². The number of anilines is 1. The van der Waals surface area contributed by atoms with Crippen molar-refractivity contribution in [3.05, 3.63) is 65.7 Å². The van der Waals surface area contributed by atoms with Crippen LogP contribution in [-0.2, 0) is 9.59 Å². The van der Waals surface area contributed by atoms with Crippen LogP contribution in [0.15, 0.2) is 54.6 Å². The maximum Gasteiger partial charge on any atom is 0.246 e. The number of aryl methyl sites for hydroxylation is 1. The number of hydrogen-bond donors (Lipinski definition) is 2. The van der Waals surface area contributed by atoms with Gasteiger partial charge in [0, 0.05) is 6.08 Å². The molecule has 0 aliphatic rings. The topological polar surface area (TPSA) is 67.4 Å². The van der Waals surface area contributed by atoms with Gasteiger partial charge in [-0.1, -0.05) is 36.4 Å². The van der Waals surface area contributed by atoms with Crippen molar-refractivity contribution in [2.75, 3.05) is 12.4 Å². The van der Waals surface area contributed by atoms with Crippen molar-refractivity contribution in [1.82, 2.24) is 5.32 Å². The summed E-state index contributed by atoms with van der Waals surface area (Å²) >= 11 is 0. The molecule has 0 aromatic heterocycles. The van der Waals surface area contributed by atoms with E-state index in [0.29, 0.717) is 11.4 Å². The molecule has 2 amide bonds. The molecule has 0 saturated heterocycles. The number of benzene rings is 2. The Morgan fingerprint density at radius 1 is 1.12 bits per heavy atom. The molecule has 1 unspecified atom stereocenters. The summed E-state index contributed by atoms with van der Waals surface area (Å²) in [6.45, 7) is 3.56. The Kier molecular flexibility index (Phi) is 6.34. The molecular formula is C20H22N2O3. The summed E-state index contributed by atoms with van der Waals surface area (Å²) in [6.07, 6.45) is 3.11. The molecule has 0 spiro atoms. The summed E-state index contributed by atoms with van der Waals surface area (Å²) in [5, 5.41) is 5.42. The Balaban J connectivity index is 1.95. The SMILES string of the molecule is COc1ccc(C)cc1NC(=O)C(C)NC(=O)/C=C/c1ccccc1. The van der Waals surface area contributed by atoms with E-state index in [0.717, 1.165) is 11.1 Å². The molecule has 2 N–H and O–H groups in total. The Morgan fingerprint density at radius 2 is 1.84 bits per heavy atom. The lowest BCUT2D eigenvalue weighted by atomic mass is 10.2. The van der Waals surface area contributed by atoms with Gasteiger partial charge in [0.25, 0.3) is 0 Å². The van der Waals surface area contributed by atoms with E-state index in [-0.39, 0.29) is 11.8 Å². The summed E-state index contributed by atoms with van der Waals surface area (Å²) < 4.78 is 5.24. The maximum atomic E-state index is 12.3. The molecule has 0 saturated carbocycles. The number of ether oxygens (including phenoxy) is 1. The van der Waals surface area contributed by atoms with Crippen LogP contribution in [0.5, 0.6) is 5.75 Å². The molecule has 130 valence electrons. The Morgan fingerprint density at radius 3 is 2.52 bits per heavy atom. The average Bonchev–Trinajstić information content (AvgIpc) is 2.61. The van der Waals surface area contributed by atoms with Crippen molar-refractivity contribution < 1.29 is 14.3 Å². The fourth-order valence-corrected chi connectivity index (χ4v) is 2.22. The number of carbonyl (C=O) groups excluding carboxylic acids is 2. The zero-order chi connectivity index (χ0) is 18.2. The van der Waals surface area contributed by atoms with Crippen LogP contribution in [0.2, 0.25) is 0 Å². The minimum Gasteiger partial charge on any atom is -0.495 e. The van der Waals surface area contributed by atoms with Gasteiger partial charge in [0.1, 0.15) is 11.8 Å². The second kappa shape index (κ2) is 8.68. The lowest BCUT2D eigenvalue weighted by molar-refractivity contribution is -0.123. The van der Waals surface area contributed by atoms with Crippen molar-refractivity contribution in [1.29, 1.82) is 0 Å². The Bertz CT molecular complexity index is 770. The zero-order valence-electron chi connectivity index (χ0n) is 14.6. The first-order valence-electron chi connectivity index (χ1n) is 7.98. The lowest BCUT2D eigenvalue weighted by Crippen LogP contribution is -2.40. The van der Waals surface area contributed by atoms with Crippen molar-refractivity contribution in [2.24, 2.45) is 0 Å². The quantitative estimate of drug-likeness (QED) is 0.795. The highest BCUT2D eigenvalue weighted by Gasteiger charge is 2.16. The van der Waals surface area contributed by atoms with Crippen LogP contribution < -0.4 is 15.4 Å². The number of hydrogen-bond acceptors (Lipinski definition) is 3. The molecule has 5 nitrogen and oxygen atoms in total. The number of carbonyl (C=O) groups is 2. The average molecular weight is 338 g/mol. The van der Waals surface area contributed by atoms with E-state index < -0.39 is 6.04 Å². The lowest BCUT2D eigenvalue weighted by Gasteiger charge is -2.15. The molecule has 5 heteroatoms. The number of methoxy groups -OCH3 is 1. The summed E-state index contributed by atoms with van der Waals surface area (Å²) in [7, 11) is 1.54. The standard InChI is InChI=1S/C20H22N2O3/c1-14-9-11-18(25-3)17(13-14)22-20(24)15(2)21-19(23)12-10-16-7-5-4-6-8-16/h4-13,15H,1-3H3,(H,21,23)(H,22,24)/b12-10+. The molecule has 2 rings (SSSR count). The highest BCUT2D eigenvalue weighted by Crippen LogP contribution is 2.25. The van der Waals surface area contributed by atoms with Crippen LogP contribution in [-0.4, -0.2) is 25.0 Å². The highest BCUT2D eigenvalue weighted by atomic mass is 16.5. The van der Waals surface area contributed by atoms with Gasteiger partial charge in [-0.25, -0.2) is 0 Å². The maximum absolute atomic E-state index is 12.3. The minimum atomic E-state index is -0.682. The van der Waals surface area contributed by atoms with Gasteiger partial charge in [0.15, 0.2) is 0 Å². The van der Waals surface area contributed by atoms with E-state index in [4.69, 9.17) is 4.74 Å². The molecule has 0 aliphatic heterocycles. The van der Waals surface area contributed by atoms with Gasteiger partial charge >= 0.3 is 0 Å². The van der Waals surface area contributed by atoms with Gasteiger partial charge in [-0.15, -0.1) is 0 Å². The van der Waals surface area contributed by atoms with Gasteiger partial charge < -0.3 is 15.4 Å². The minimum absolute atomic E-state index is 0.314. The molecule has 0 fully saturated rings. The summed E-state index contributed by atoms with van der Waals surface area (Å²) in [6, 6.07) is 14.3. The smallest absolute Gasteiger partial charge is 0.246 e. The monoisotopic (exact) mass is 338 g/mol. The largest absolute Gasteiger partial charge is 0.495 e. The first-order chi connectivity index (χ1) is 12.0. The van der Waals surface area contributed by atoms with Gasteiger partial charge in [-0.05, 0) is 43.2 Å². The number of rotatable bonds is 6. The fourth-order valence-electron chi connectivity index (χ4n) is 2.22. The third-order valence-corrected chi connectivity index (χ3v) is 3.59. The Labute approximate surface area is 147 Å². The van der Waals surface area contributed by atoms with Crippen molar-refractivity contribution in [3.8, 4) is 5.75 Å². The van der Waals surface area contributed by atoms with Crippen molar-refractivity contribution >= 4 is 23.6 Å². The predicted molar refractivity (Wildman–Crippen MR) is 99.4 cm³/mol. The first-order valence-corrected chi connectivity index (χ1v) is 7.98. The first kappa shape index (κ1) is 18.3. The fraction of sp³-hybridized carbons (Fsp3) is 0.200. The molecule has 0 heterocycles. The van der Waals surface area contributed by atoms with E-state index in [2.05, 4.69) is 10.6 Å². The molecule has 0 radical (unpaired) electrons. The molecular weight excluding hydrogens is 316 g/mol. The molecule has 2 aromatic carbocycles. The highest BCUT2D eigenvalue weighted by molar-refractivity contribution is 6.00. The third-order valence-electron chi connectivity index (χ3n) is 3.59. The molecule has 1 atom stereocenters.